The molecule has 5 N–H and O–H groups in total. The van der Waals surface area contributed by atoms with E-state index in [0.717, 1.165) is 13.1 Å². The zero-order valence-corrected chi connectivity index (χ0v) is 8.94. The van der Waals surface area contributed by atoms with Crippen LogP contribution >= 0.6 is 0 Å². The van der Waals surface area contributed by atoms with Crippen molar-refractivity contribution in [2.24, 2.45) is 11.3 Å². The van der Waals surface area contributed by atoms with Crippen LogP contribution in [0.15, 0.2) is 0 Å². The molecule has 0 heterocycles. The molecule has 0 bridgehead atoms. The van der Waals surface area contributed by atoms with Gasteiger partial charge >= 0.3 is 0 Å². The van der Waals surface area contributed by atoms with Crippen LogP contribution in [0.5, 0.6) is 0 Å². The molecule has 0 spiro atoms. The molecule has 0 fully saturated rings. The number of hydrogen-bond donors (Lipinski definition) is 4. The van der Waals surface area contributed by atoms with Gasteiger partial charge in [-0.05, 0) is 19.5 Å². The molecule has 0 unspecified atom stereocenters. The Morgan fingerprint density at radius 1 is 1.46 bits per heavy atom. The topological polar surface area (TPSA) is 77.2 Å². The average molecular weight is 187 g/mol. The molecular formula is C8H21N5. The number of nitrogens with one attached hydrogen (secondary N) is 3. The van der Waals surface area contributed by atoms with Gasteiger partial charge in [0.05, 0.1) is 0 Å². The second-order valence-electron chi connectivity index (χ2n) is 4.27. The first kappa shape index (κ1) is 12.2. The average Bonchev–Trinajstić information content (AvgIpc) is 1.98. The Kier molecular flexibility index (Phi) is 4.72. The highest BCUT2D eigenvalue weighted by atomic mass is 15.3. The van der Waals surface area contributed by atoms with Gasteiger partial charge in [0.15, 0.2) is 0 Å². The predicted molar refractivity (Wildman–Crippen MR) is 55.4 cm³/mol. The van der Waals surface area contributed by atoms with Gasteiger partial charge < -0.3 is 10.2 Å². The molecule has 0 radical (unpaired) electrons. The summed E-state index contributed by atoms with van der Waals surface area (Å²) in [7, 11) is 4.07. The Labute approximate surface area is 80.1 Å². The molecule has 0 rings (SSSR count). The number of nitrogens with two attached hydrogens (primary N) is 1. The second kappa shape index (κ2) is 5.04. The molecule has 0 saturated heterocycles. The minimum absolute atomic E-state index is 0.132. The monoisotopic (exact) mass is 187 g/mol. The quantitative estimate of drug-likeness (QED) is 0.208. The van der Waals surface area contributed by atoms with E-state index < -0.39 is 0 Å². The lowest BCUT2D eigenvalue weighted by Gasteiger charge is -2.28. The number of hydrazine groups is 1. The van der Waals surface area contributed by atoms with Crippen LogP contribution in [-0.2, 0) is 0 Å². The van der Waals surface area contributed by atoms with E-state index in [9.17, 15) is 0 Å². The first-order valence-corrected chi connectivity index (χ1v) is 4.31. The van der Waals surface area contributed by atoms with Crippen LogP contribution in [0.1, 0.15) is 13.8 Å². The molecule has 5 nitrogen and oxygen atoms in total. The highest BCUT2D eigenvalue weighted by Gasteiger charge is 2.18. The summed E-state index contributed by atoms with van der Waals surface area (Å²) in [6, 6.07) is 0. The third kappa shape index (κ3) is 6.36. The summed E-state index contributed by atoms with van der Waals surface area (Å²) in [5.41, 5.74) is 2.38. The summed E-state index contributed by atoms with van der Waals surface area (Å²) in [5, 5.41) is 10.1. The maximum Gasteiger partial charge on any atom is 0.202 e. The smallest absolute Gasteiger partial charge is 0.202 e. The van der Waals surface area contributed by atoms with Crippen molar-refractivity contribution in [2.75, 3.05) is 27.2 Å². The van der Waals surface area contributed by atoms with E-state index in [1.807, 2.05) is 14.1 Å². The standard InChI is InChI=1S/C8H21N5/c1-8(2,6-13(3)4)5-11-7(9)12-10/h5-6,10H2,1-4H3,(H3,9,11,12). The van der Waals surface area contributed by atoms with Gasteiger partial charge in [-0.1, -0.05) is 13.8 Å². The van der Waals surface area contributed by atoms with E-state index in [4.69, 9.17) is 11.3 Å². The zero-order valence-electron chi connectivity index (χ0n) is 8.94. The molecule has 0 aromatic carbocycles. The van der Waals surface area contributed by atoms with Crippen LogP contribution in [0.4, 0.5) is 0 Å². The van der Waals surface area contributed by atoms with E-state index in [1.165, 1.54) is 0 Å². The maximum absolute atomic E-state index is 7.24. The van der Waals surface area contributed by atoms with Gasteiger partial charge in [0, 0.05) is 13.1 Å². The van der Waals surface area contributed by atoms with E-state index in [0.29, 0.717) is 0 Å². The van der Waals surface area contributed by atoms with Crippen LogP contribution in [0, 0.1) is 10.8 Å². The molecule has 0 aliphatic rings. The van der Waals surface area contributed by atoms with E-state index in [1.54, 1.807) is 0 Å². The molecule has 0 aliphatic heterocycles. The fourth-order valence-electron chi connectivity index (χ4n) is 1.29. The first-order valence-electron chi connectivity index (χ1n) is 4.31. The minimum Gasteiger partial charge on any atom is -0.355 e. The number of hydrogen-bond acceptors (Lipinski definition) is 3. The highest BCUT2D eigenvalue weighted by Crippen LogP contribution is 2.13. The Morgan fingerprint density at radius 3 is 2.38 bits per heavy atom. The van der Waals surface area contributed by atoms with E-state index >= 15 is 0 Å². The molecule has 0 aliphatic carbocycles. The lowest BCUT2D eigenvalue weighted by molar-refractivity contribution is 0.241. The molecule has 0 aromatic heterocycles. The van der Waals surface area contributed by atoms with Gasteiger partial charge in [-0.3, -0.25) is 10.8 Å². The number of guanidine groups is 1. The van der Waals surface area contributed by atoms with Crippen molar-refractivity contribution in [3.05, 3.63) is 0 Å². The van der Waals surface area contributed by atoms with Gasteiger partial charge in [-0.2, -0.15) is 0 Å². The lowest BCUT2D eigenvalue weighted by Crippen LogP contribution is -2.46. The molecule has 0 aromatic rings. The molecule has 13 heavy (non-hydrogen) atoms. The van der Waals surface area contributed by atoms with Crippen molar-refractivity contribution in [3.8, 4) is 0 Å². The van der Waals surface area contributed by atoms with Crippen molar-refractivity contribution < 1.29 is 0 Å². The van der Waals surface area contributed by atoms with Crippen molar-refractivity contribution in [2.45, 2.75) is 13.8 Å². The lowest BCUT2D eigenvalue weighted by atomic mass is 9.93. The Balaban J connectivity index is 3.81. The summed E-state index contributed by atoms with van der Waals surface area (Å²) < 4.78 is 0. The molecular weight excluding hydrogens is 166 g/mol. The van der Waals surface area contributed by atoms with Crippen LogP contribution in [0.3, 0.4) is 0 Å². The van der Waals surface area contributed by atoms with Gasteiger partial charge in [-0.25, -0.2) is 5.84 Å². The molecule has 0 atom stereocenters. The molecule has 78 valence electrons. The third-order valence-corrected chi connectivity index (χ3v) is 1.63. The second-order valence-corrected chi connectivity index (χ2v) is 4.27. The maximum atomic E-state index is 7.24. The van der Waals surface area contributed by atoms with Gasteiger partial charge in [0.25, 0.3) is 0 Å². The van der Waals surface area contributed by atoms with E-state index in [2.05, 4.69) is 29.5 Å². The van der Waals surface area contributed by atoms with Crippen molar-refractivity contribution >= 4 is 5.96 Å². The van der Waals surface area contributed by atoms with Gasteiger partial charge in [0.1, 0.15) is 0 Å². The number of rotatable bonds is 4. The zero-order chi connectivity index (χ0) is 10.5. The van der Waals surface area contributed by atoms with Gasteiger partial charge in [0.2, 0.25) is 5.96 Å². The largest absolute Gasteiger partial charge is 0.355 e. The van der Waals surface area contributed by atoms with Crippen molar-refractivity contribution in [3.63, 3.8) is 0 Å². The Hall–Kier alpha value is -0.810. The summed E-state index contributed by atoms with van der Waals surface area (Å²) in [6.07, 6.45) is 0. The first-order chi connectivity index (χ1) is 5.87. The fraction of sp³-hybridized carbons (Fsp3) is 0.875. The fourth-order valence-corrected chi connectivity index (χ4v) is 1.29. The van der Waals surface area contributed by atoms with Gasteiger partial charge in [-0.15, -0.1) is 0 Å². The Bertz CT molecular complexity index is 164. The van der Waals surface area contributed by atoms with E-state index in [-0.39, 0.29) is 11.4 Å². The van der Waals surface area contributed by atoms with Crippen LogP contribution in [0.25, 0.3) is 0 Å². The summed E-state index contributed by atoms with van der Waals surface area (Å²) in [6.45, 7) is 5.99. The number of nitrogens with zero attached hydrogens (tertiary/aromatic N) is 1. The molecule has 0 amide bonds. The third-order valence-electron chi connectivity index (χ3n) is 1.63. The van der Waals surface area contributed by atoms with Crippen molar-refractivity contribution in [1.29, 1.82) is 5.41 Å². The van der Waals surface area contributed by atoms with Crippen LogP contribution < -0.4 is 16.6 Å². The van der Waals surface area contributed by atoms with Crippen LogP contribution in [0.2, 0.25) is 0 Å². The SMILES string of the molecule is CN(C)CC(C)(C)CNC(=N)NN. The minimum atomic E-state index is 0.132. The normalized spacial score (nSPS) is 11.5. The Morgan fingerprint density at radius 2 is 2.00 bits per heavy atom. The highest BCUT2D eigenvalue weighted by molar-refractivity contribution is 5.75. The summed E-state index contributed by atoms with van der Waals surface area (Å²) >= 11 is 0. The molecule has 5 heteroatoms. The molecule has 0 saturated carbocycles. The van der Waals surface area contributed by atoms with Crippen molar-refractivity contribution in [1.82, 2.24) is 15.6 Å². The summed E-state index contributed by atoms with van der Waals surface area (Å²) in [4.78, 5) is 2.13. The van der Waals surface area contributed by atoms with Crippen LogP contribution in [-0.4, -0.2) is 38.0 Å². The predicted octanol–water partition coefficient (Wildman–Crippen LogP) is -0.438. The summed E-state index contributed by atoms with van der Waals surface area (Å²) in [5.74, 6) is 5.21.